The van der Waals surface area contributed by atoms with Crippen molar-refractivity contribution in [2.75, 3.05) is 37.6 Å². The first-order valence-electron chi connectivity index (χ1n) is 14.2. The fourth-order valence-electron chi connectivity index (χ4n) is 6.85. The second kappa shape index (κ2) is 10.4. The number of carbonyl (C=O) groups excluding carboxylic acids is 1. The maximum atomic E-state index is 14.5. The van der Waals surface area contributed by atoms with Gasteiger partial charge in [-0.05, 0) is 59.9 Å². The maximum absolute atomic E-state index is 14.5. The summed E-state index contributed by atoms with van der Waals surface area (Å²) in [6.07, 6.45) is 2.58. The Balaban J connectivity index is 1.44. The molecule has 1 saturated heterocycles. The van der Waals surface area contributed by atoms with E-state index in [1.165, 1.54) is 39.6 Å². The number of rotatable bonds is 7. The van der Waals surface area contributed by atoms with Gasteiger partial charge in [0.2, 0.25) is 0 Å². The van der Waals surface area contributed by atoms with Crippen LogP contribution in [0.25, 0.3) is 10.8 Å². The zero-order valence-electron chi connectivity index (χ0n) is 22.7. The molecule has 1 aliphatic heterocycles. The van der Waals surface area contributed by atoms with Crippen molar-refractivity contribution in [3.63, 3.8) is 0 Å². The van der Waals surface area contributed by atoms with E-state index in [0.29, 0.717) is 18.8 Å². The topological polar surface area (TPSA) is 23.6 Å². The molecule has 0 N–H and O–H groups in total. The predicted octanol–water partition coefficient (Wildman–Crippen LogP) is 6.93. The van der Waals surface area contributed by atoms with E-state index in [9.17, 15) is 4.79 Å². The minimum atomic E-state index is -0.601. The number of benzene rings is 4. The third-order valence-electron chi connectivity index (χ3n) is 8.46. The highest BCUT2D eigenvalue weighted by atomic mass is 16.1. The quantitative estimate of drug-likeness (QED) is 0.274. The Kier molecular flexibility index (Phi) is 6.80. The van der Waals surface area contributed by atoms with E-state index in [4.69, 9.17) is 0 Å². The number of ketones is 1. The first-order chi connectivity index (χ1) is 18.5. The van der Waals surface area contributed by atoms with Crippen LogP contribution < -0.4 is 4.90 Å². The second-order valence-corrected chi connectivity index (χ2v) is 11.6. The van der Waals surface area contributed by atoms with Crippen molar-refractivity contribution in [2.24, 2.45) is 5.92 Å². The second-order valence-electron chi connectivity index (χ2n) is 11.6. The Hall–Kier alpha value is -3.43. The third kappa shape index (κ3) is 4.54. The highest BCUT2D eigenvalue weighted by molar-refractivity contribution is 6.22. The van der Waals surface area contributed by atoms with Gasteiger partial charge in [0.05, 0.1) is 5.41 Å². The fourth-order valence-corrected chi connectivity index (χ4v) is 6.85. The Morgan fingerprint density at radius 1 is 0.737 bits per heavy atom. The number of anilines is 1. The van der Waals surface area contributed by atoms with Crippen molar-refractivity contribution in [1.29, 1.82) is 0 Å². The van der Waals surface area contributed by atoms with Crippen LogP contribution in [0.2, 0.25) is 0 Å². The van der Waals surface area contributed by atoms with Gasteiger partial charge in [-0.2, -0.15) is 0 Å². The Morgan fingerprint density at radius 2 is 1.42 bits per heavy atom. The van der Waals surface area contributed by atoms with Crippen LogP contribution >= 0.6 is 0 Å². The number of nitrogens with zero attached hydrogens (tertiary/aromatic N) is 2. The Morgan fingerprint density at radius 3 is 2.08 bits per heavy atom. The molecule has 194 valence electrons. The smallest absolute Gasteiger partial charge is 0.174 e. The number of Topliss-reactive ketones (excluding diaryl/α,β-unsaturated/α-hetero) is 1. The van der Waals surface area contributed by atoms with E-state index in [1.54, 1.807) is 0 Å². The molecule has 0 radical (unpaired) electrons. The van der Waals surface area contributed by atoms with Crippen LogP contribution in [0.3, 0.4) is 0 Å². The van der Waals surface area contributed by atoms with Crippen molar-refractivity contribution in [3.8, 4) is 0 Å². The lowest BCUT2D eigenvalue weighted by atomic mass is 9.71. The van der Waals surface area contributed by atoms with Gasteiger partial charge in [-0.15, -0.1) is 0 Å². The zero-order valence-corrected chi connectivity index (χ0v) is 22.7. The minimum Gasteiger partial charge on any atom is -0.370 e. The Bertz CT molecular complexity index is 1390. The van der Waals surface area contributed by atoms with Gasteiger partial charge in [0, 0.05) is 42.8 Å². The molecule has 1 fully saturated rings. The number of hydrogen-bond donors (Lipinski definition) is 0. The van der Waals surface area contributed by atoms with Crippen LogP contribution in [-0.2, 0) is 18.3 Å². The molecule has 6 rings (SSSR count). The third-order valence-corrected chi connectivity index (χ3v) is 8.46. The molecule has 0 bridgehead atoms. The summed E-state index contributed by atoms with van der Waals surface area (Å²) in [5, 5.41) is 2.40. The molecule has 0 amide bonds. The molecule has 1 aliphatic carbocycles. The lowest BCUT2D eigenvalue weighted by molar-refractivity contribution is 0.0892. The largest absolute Gasteiger partial charge is 0.370 e. The van der Waals surface area contributed by atoms with Crippen molar-refractivity contribution in [2.45, 2.75) is 38.5 Å². The molecule has 4 aromatic carbocycles. The van der Waals surface area contributed by atoms with Gasteiger partial charge in [0.15, 0.2) is 5.78 Å². The molecule has 3 nitrogen and oxygen atoms in total. The summed E-state index contributed by atoms with van der Waals surface area (Å²) in [5.41, 5.74) is 5.18. The summed E-state index contributed by atoms with van der Waals surface area (Å²) in [7, 11) is 0. The summed E-state index contributed by atoms with van der Waals surface area (Å²) < 4.78 is 0. The summed E-state index contributed by atoms with van der Waals surface area (Å²) in [4.78, 5) is 19.6. The SMILES string of the molecule is CC(C)CN1CCCN(c2ccc3c4c(cccc24)C(=O)C3(Cc2ccccc2)Cc2ccccc2)CC1. The first-order valence-corrected chi connectivity index (χ1v) is 14.2. The minimum absolute atomic E-state index is 0.266. The predicted molar refractivity (Wildman–Crippen MR) is 158 cm³/mol. The van der Waals surface area contributed by atoms with Crippen LogP contribution in [0.15, 0.2) is 91.0 Å². The molecule has 0 spiro atoms. The number of hydrogen-bond acceptors (Lipinski definition) is 3. The lowest BCUT2D eigenvalue weighted by Crippen LogP contribution is -2.37. The summed E-state index contributed by atoms with van der Waals surface area (Å²) >= 11 is 0. The van der Waals surface area contributed by atoms with Crippen molar-refractivity contribution >= 4 is 22.2 Å². The van der Waals surface area contributed by atoms with E-state index in [-0.39, 0.29) is 5.78 Å². The van der Waals surface area contributed by atoms with Gasteiger partial charge >= 0.3 is 0 Å². The highest BCUT2D eigenvalue weighted by Crippen LogP contribution is 2.48. The molecule has 38 heavy (non-hydrogen) atoms. The van der Waals surface area contributed by atoms with E-state index in [0.717, 1.165) is 38.3 Å². The molecule has 0 saturated carbocycles. The van der Waals surface area contributed by atoms with Crippen LogP contribution in [0.5, 0.6) is 0 Å². The van der Waals surface area contributed by atoms with Gasteiger partial charge in [0.1, 0.15) is 0 Å². The average molecular weight is 503 g/mol. The van der Waals surface area contributed by atoms with Gasteiger partial charge in [0.25, 0.3) is 0 Å². The zero-order chi connectivity index (χ0) is 26.1. The monoisotopic (exact) mass is 502 g/mol. The van der Waals surface area contributed by atoms with Crippen LogP contribution in [-0.4, -0.2) is 43.4 Å². The van der Waals surface area contributed by atoms with Crippen molar-refractivity contribution in [1.82, 2.24) is 4.90 Å². The van der Waals surface area contributed by atoms with E-state index < -0.39 is 5.41 Å². The highest BCUT2D eigenvalue weighted by Gasteiger charge is 2.47. The summed E-state index contributed by atoms with van der Waals surface area (Å²) in [6, 6.07) is 32.1. The molecule has 0 unspecified atom stereocenters. The van der Waals surface area contributed by atoms with Gasteiger partial charge in [-0.1, -0.05) is 98.8 Å². The maximum Gasteiger partial charge on any atom is 0.174 e. The van der Waals surface area contributed by atoms with Crippen molar-refractivity contribution in [3.05, 3.63) is 113 Å². The van der Waals surface area contributed by atoms with Crippen LogP contribution in [0, 0.1) is 5.92 Å². The molecule has 0 aromatic heterocycles. The normalized spacial score (nSPS) is 17.3. The van der Waals surface area contributed by atoms with E-state index >= 15 is 0 Å². The van der Waals surface area contributed by atoms with Crippen LogP contribution in [0.4, 0.5) is 5.69 Å². The lowest BCUT2D eigenvalue weighted by Gasteiger charge is -2.31. The molecular formula is C35H38N2O. The van der Waals surface area contributed by atoms with Crippen LogP contribution in [0.1, 0.15) is 47.3 Å². The summed E-state index contributed by atoms with van der Waals surface area (Å²) in [5.74, 6) is 0.952. The summed E-state index contributed by atoms with van der Waals surface area (Å²) in [6.45, 7) is 10.1. The average Bonchev–Trinajstić information content (AvgIpc) is 3.05. The standard InChI is InChI=1S/C35H38N2O/c1-26(2)25-36-19-10-20-37(22-21-36)32-18-17-31-33-29(32)15-9-16-30(33)34(38)35(31,23-27-11-5-3-6-12-27)24-28-13-7-4-8-14-28/h3-9,11-18,26H,10,19-25H2,1-2H3. The van der Waals surface area contributed by atoms with E-state index in [2.05, 4.69) is 115 Å². The first kappa shape index (κ1) is 24.9. The molecule has 0 atom stereocenters. The fraction of sp³-hybridized carbons (Fsp3) is 0.343. The molecular weight excluding hydrogens is 464 g/mol. The number of carbonyl (C=O) groups is 1. The van der Waals surface area contributed by atoms with Gasteiger partial charge in [-0.25, -0.2) is 0 Å². The molecule has 4 aromatic rings. The Labute approximate surface area is 227 Å². The molecule has 3 heteroatoms. The van der Waals surface area contributed by atoms with Gasteiger partial charge in [-0.3, -0.25) is 4.79 Å². The van der Waals surface area contributed by atoms with Crippen molar-refractivity contribution < 1.29 is 4.79 Å². The molecule has 1 heterocycles. The van der Waals surface area contributed by atoms with Gasteiger partial charge < -0.3 is 9.80 Å². The van der Waals surface area contributed by atoms with E-state index in [1.807, 2.05) is 0 Å². The molecule has 2 aliphatic rings.